The standard InChI is InChI=1S/C15H13FN2O/c16-11-5-3-4-10(8-11)9-17-14-12-6-1-2-7-13(12)18-15(14)19/h1-8,14,17H,9H2,(H,18,19). The van der Waals surface area contributed by atoms with E-state index < -0.39 is 0 Å². The van der Waals surface area contributed by atoms with Crippen molar-refractivity contribution in [2.45, 2.75) is 12.6 Å². The van der Waals surface area contributed by atoms with Crippen LogP contribution in [0.2, 0.25) is 0 Å². The van der Waals surface area contributed by atoms with E-state index in [1.807, 2.05) is 30.3 Å². The first-order valence-electron chi connectivity index (χ1n) is 6.11. The highest BCUT2D eigenvalue weighted by Gasteiger charge is 2.29. The summed E-state index contributed by atoms with van der Waals surface area (Å²) < 4.78 is 13.1. The molecular formula is C15H13FN2O. The molecule has 3 nitrogen and oxygen atoms in total. The van der Waals surface area contributed by atoms with Crippen LogP contribution in [0.15, 0.2) is 48.5 Å². The molecule has 4 heteroatoms. The van der Waals surface area contributed by atoms with Crippen molar-refractivity contribution in [2.24, 2.45) is 0 Å². The highest BCUT2D eigenvalue weighted by atomic mass is 19.1. The molecule has 0 bridgehead atoms. The van der Waals surface area contributed by atoms with Crippen molar-refractivity contribution in [3.63, 3.8) is 0 Å². The largest absolute Gasteiger partial charge is 0.324 e. The Bertz CT molecular complexity index is 627. The summed E-state index contributed by atoms with van der Waals surface area (Å²) in [5, 5.41) is 5.97. The molecule has 1 heterocycles. The molecule has 0 spiro atoms. The molecule has 19 heavy (non-hydrogen) atoms. The topological polar surface area (TPSA) is 41.1 Å². The molecule has 96 valence electrons. The van der Waals surface area contributed by atoms with Crippen molar-refractivity contribution in [3.05, 3.63) is 65.5 Å². The molecule has 0 fully saturated rings. The predicted octanol–water partition coefficient (Wildman–Crippen LogP) is 2.61. The Hall–Kier alpha value is -2.20. The van der Waals surface area contributed by atoms with E-state index in [1.165, 1.54) is 12.1 Å². The van der Waals surface area contributed by atoms with E-state index in [1.54, 1.807) is 6.07 Å². The summed E-state index contributed by atoms with van der Waals surface area (Å²) in [5.74, 6) is -0.340. The number of para-hydroxylation sites is 1. The Balaban J connectivity index is 1.75. The molecule has 0 aromatic heterocycles. The fourth-order valence-corrected chi connectivity index (χ4v) is 2.28. The van der Waals surface area contributed by atoms with E-state index in [9.17, 15) is 9.18 Å². The Morgan fingerprint density at radius 1 is 1.16 bits per heavy atom. The van der Waals surface area contributed by atoms with Gasteiger partial charge in [0, 0.05) is 17.8 Å². The van der Waals surface area contributed by atoms with Gasteiger partial charge in [0.25, 0.3) is 0 Å². The fourth-order valence-electron chi connectivity index (χ4n) is 2.28. The van der Waals surface area contributed by atoms with E-state index in [-0.39, 0.29) is 17.8 Å². The molecule has 0 radical (unpaired) electrons. The molecule has 1 aliphatic rings. The van der Waals surface area contributed by atoms with E-state index in [0.717, 1.165) is 16.8 Å². The van der Waals surface area contributed by atoms with Gasteiger partial charge in [0.2, 0.25) is 5.91 Å². The summed E-state index contributed by atoms with van der Waals surface area (Å²) in [6.07, 6.45) is 0. The lowest BCUT2D eigenvalue weighted by atomic mass is 10.1. The number of amides is 1. The third-order valence-corrected chi connectivity index (χ3v) is 3.19. The number of carbonyl (C=O) groups is 1. The maximum atomic E-state index is 13.1. The summed E-state index contributed by atoms with van der Waals surface area (Å²) in [6, 6.07) is 13.5. The number of carbonyl (C=O) groups excluding carboxylic acids is 1. The molecular weight excluding hydrogens is 243 g/mol. The highest BCUT2D eigenvalue weighted by Crippen LogP contribution is 2.30. The third-order valence-electron chi connectivity index (χ3n) is 3.19. The van der Waals surface area contributed by atoms with Crippen molar-refractivity contribution in [2.75, 3.05) is 5.32 Å². The van der Waals surface area contributed by atoms with Crippen LogP contribution in [0.25, 0.3) is 0 Å². The number of hydrogen-bond acceptors (Lipinski definition) is 2. The number of benzene rings is 2. The van der Waals surface area contributed by atoms with E-state index in [4.69, 9.17) is 0 Å². The molecule has 2 aromatic carbocycles. The van der Waals surface area contributed by atoms with Crippen LogP contribution < -0.4 is 10.6 Å². The van der Waals surface area contributed by atoms with Crippen LogP contribution in [-0.4, -0.2) is 5.91 Å². The van der Waals surface area contributed by atoms with Crippen molar-refractivity contribution in [1.82, 2.24) is 5.32 Å². The van der Waals surface area contributed by atoms with Gasteiger partial charge in [-0.05, 0) is 23.8 Å². The average Bonchev–Trinajstić information content (AvgIpc) is 2.72. The number of hydrogen-bond donors (Lipinski definition) is 2. The Morgan fingerprint density at radius 3 is 2.84 bits per heavy atom. The fraction of sp³-hybridized carbons (Fsp3) is 0.133. The Labute approximate surface area is 110 Å². The van der Waals surface area contributed by atoms with Gasteiger partial charge in [0.05, 0.1) is 0 Å². The number of halogens is 1. The normalized spacial score (nSPS) is 17.1. The van der Waals surface area contributed by atoms with Crippen LogP contribution in [0, 0.1) is 5.82 Å². The second-order valence-corrected chi connectivity index (χ2v) is 4.52. The molecule has 1 atom stereocenters. The van der Waals surface area contributed by atoms with Gasteiger partial charge < -0.3 is 5.32 Å². The number of fused-ring (bicyclic) bond motifs is 1. The molecule has 0 saturated carbocycles. The van der Waals surface area contributed by atoms with Crippen LogP contribution in [-0.2, 0) is 11.3 Å². The van der Waals surface area contributed by atoms with Gasteiger partial charge in [-0.15, -0.1) is 0 Å². The average molecular weight is 256 g/mol. The zero-order valence-electron chi connectivity index (χ0n) is 10.2. The molecule has 0 aliphatic carbocycles. The maximum absolute atomic E-state index is 13.1. The summed E-state index contributed by atoms with van der Waals surface area (Å²) in [6.45, 7) is 0.449. The highest BCUT2D eigenvalue weighted by molar-refractivity contribution is 6.02. The van der Waals surface area contributed by atoms with Crippen molar-refractivity contribution >= 4 is 11.6 Å². The maximum Gasteiger partial charge on any atom is 0.246 e. The van der Waals surface area contributed by atoms with Gasteiger partial charge in [-0.25, -0.2) is 4.39 Å². The number of anilines is 1. The van der Waals surface area contributed by atoms with Crippen LogP contribution >= 0.6 is 0 Å². The zero-order chi connectivity index (χ0) is 13.2. The first kappa shape index (κ1) is 11.9. The van der Waals surface area contributed by atoms with Crippen LogP contribution in [0.4, 0.5) is 10.1 Å². The quantitative estimate of drug-likeness (QED) is 0.886. The molecule has 3 rings (SSSR count). The lowest BCUT2D eigenvalue weighted by Gasteiger charge is -2.11. The second-order valence-electron chi connectivity index (χ2n) is 4.52. The lowest BCUT2D eigenvalue weighted by Crippen LogP contribution is -2.27. The van der Waals surface area contributed by atoms with Crippen LogP contribution in [0.3, 0.4) is 0 Å². The zero-order valence-corrected chi connectivity index (χ0v) is 10.2. The van der Waals surface area contributed by atoms with Crippen molar-refractivity contribution in [3.8, 4) is 0 Å². The van der Waals surface area contributed by atoms with Gasteiger partial charge in [0.15, 0.2) is 0 Å². The van der Waals surface area contributed by atoms with Gasteiger partial charge >= 0.3 is 0 Å². The molecule has 2 aromatic rings. The smallest absolute Gasteiger partial charge is 0.246 e. The van der Waals surface area contributed by atoms with Gasteiger partial charge in [-0.2, -0.15) is 0 Å². The lowest BCUT2D eigenvalue weighted by molar-refractivity contribution is -0.117. The SMILES string of the molecule is O=C1Nc2ccccc2C1NCc1cccc(F)c1. The number of nitrogens with one attached hydrogen (secondary N) is 2. The van der Waals surface area contributed by atoms with E-state index in [0.29, 0.717) is 6.54 Å². The minimum Gasteiger partial charge on any atom is -0.324 e. The predicted molar refractivity (Wildman–Crippen MR) is 71.1 cm³/mol. The van der Waals surface area contributed by atoms with E-state index >= 15 is 0 Å². The van der Waals surface area contributed by atoms with Crippen LogP contribution in [0.1, 0.15) is 17.2 Å². The van der Waals surface area contributed by atoms with E-state index in [2.05, 4.69) is 10.6 Å². The Morgan fingerprint density at radius 2 is 2.00 bits per heavy atom. The molecule has 1 unspecified atom stereocenters. The van der Waals surface area contributed by atoms with Gasteiger partial charge in [-0.1, -0.05) is 30.3 Å². The second kappa shape index (κ2) is 4.82. The summed E-state index contributed by atoms with van der Waals surface area (Å²) >= 11 is 0. The van der Waals surface area contributed by atoms with Crippen molar-refractivity contribution < 1.29 is 9.18 Å². The summed E-state index contributed by atoms with van der Waals surface area (Å²) in [7, 11) is 0. The monoisotopic (exact) mass is 256 g/mol. The first-order chi connectivity index (χ1) is 9.24. The molecule has 1 amide bonds. The molecule has 1 aliphatic heterocycles. The minimum absolute atomic E-state index is 0.0717. The van der Waals surface area contributed by atoms with Gasteiger partial charge in [-0.3, -0.25) is 10.1 Å². The van der Waals surface area contributed by atoms with Gasteiger partial charge in [0.1, 0.15) is 11.9 Å². The van der Waals surface area contributed by atoms with Crippen LogP contribution in [0.5, 0.6) is 0 Å². The third kappa shape index (κ3) is 2.35. The summed E-state index contributed by atoms with van der Waals surface area (Å²) in [4.78, 5) is 11.9. The van der Waals surface area contributed by atoms with Crippen molar-refractivity contribution in [1.29, 1.82) is 0 Å². The summed E-state index contributed by atoms with van der Waals surface area (Å²) in [5.41, 5.74) is 2.59. The molecule has 0 saturated heterocycles. The Kier molecular flexibility index (Phi) is 3.01. The number of rotatable bonds is 3. The molecule has 2 N–H and O–H groups in total. The first-order valence-corrected chi connectivity index (χ1v) is 6.11. The minimum atomic E-state index is -0.375.